The number of alkyl halides is 6. The molecule has 0 aliphatic rings. The van der Waals surface area contributed by atoms with Crippen LogP contribution in [0.15, 0.2) is 18.2 Å². The Bertz CT molecular complexity index is 474. The summed E-state index contributed by atoms with van der Waals surface area (Å²) >= 11 is 0. The topological polar surface area (TPSA) is 46.2 Å². The number of hydrogen-bond donors (Lipinski definition) is 2. The second-order valence-electron chi connectivity index (χ2n) is 4.30. The molecule has 0 fully saturated rings. The van der Waals surface area contributed by atoms with Crippen LogP contribution in [0.3, 0.4) is 0 Å². The van der Waals surface area contributed by atoms with Crippen LogP contribution in [0.1, 0.15) is 36.1 Å². The number of benzene rings is 1. The van der Waals surface area contributed by atoms with Gasteiger partial charge in [0.05, 0.1) is 23.3 Å². The van der Waals surface area contributed by atoms with E-state index in [0.29, 0.717) is 12.1 Å². The van der Waals surface area contributed by atoms with E-state index in [1.165, 1.54) is 6.92 Å². The normalized spacial score (nSPS) is 15.3. The number of halogens is 7. The first-order chi connectivity index (χ1) is 8.98. The SMILES string of the molecule is CC[C@@H](O)[C@@H](N)c1ccc(C(F)(F)F)cc1C(F)(F)F.Cl. The Kier molecular flexibility index (Phi) is 6.52. The van der Waals surface area contributed by atoms with E-state index in [4.69, 9.17) is 5.73 Å². The molecule has 9 heteroatoms. The van der Waals surface area contributed by atoms with E-state index >= 15 is 0 Å². The molecular weight excluding hydrogens is 324 g/mol. The number of hydrogen-bond acceptors (Lipinski definition) is 2. The summed E-state index contributed by atoms with van der Waals surface area (Å²) < 4.78 is 75.9. The van der Waals surface area contributed by atoms with Gasteiger partial charge in [0.2, 0.25) is 0 Å². The molecule has 0 bridgehead atoms. The van der Waals surface area contributed by atoms with Gasteiger partial charge in [-0.2, -0.15) is 26.3 Å². The number of aliphatic hydroxyl groups is 1. The smallest absolute Gasteiger partial charge is 0.391 e. The van der Waals surface area contributed by atoms with Crippen LogP contribution in [0.5, 0.6) is 0 Å². The molecule has 0 aliphatic carbocycles. The lowest BCUT2D eigenvalue weighted by molar-refractivity contribution is -0.143. The van der Waals surface area contributed by atoms with Gasteiger partial charge in [-0.15, -0.1) is 12.4 Å². The average molecular weight is 338 g/mol. The zero-order valence-corrected chi connectivity index (χ0v) is 11.6. The molecule has 1 rings (SSSR count). The number of nitrogens with two attached hydrogens (primary N) is 1. The molecule has 0 heterocycles. The standard InChI is InChI=1S/C12H13F6NO.ClH/c1-2-9(20)10(19)7-4-3-6(11(13,14)15)5-8(7)12(16,17)18;/h3-5,9-10,20H,2,19H2,1H3;1H/t9-,10+;/m1./s1. The molecule has 0 aliphatic heterocycles. The predicted octanol–water partition coefficient (Wildman–Crippen LogP) is 3.92. The maximum Gasteiger partial charge on any atom is 0.416 e. The highest BCUT2D eigenvalue weighted by Crippen LogP contribution is 2.39. The summed E-state index contributed by atoms with van der Waals surface area (Å²) in [4.78, 5) is 0. The summed E-state index contributed by atoms with van der Waals surface area (Å²) in [5.41, 5.74) is 2.03. The van der Waals surface area contributed by atoms with Crippen LogP contribution in [0.25, 0.3) is 0 Å². The van der Waals surface area contributed by atoms with Crippen molar-refractivity contribution in [2.45, 2.75) is 37.8 Å². The summed E-state index contributed by atoms with van der Waals surface area (Å²) in [6.45, 7) is 1.50. The predicted molar refractivity (Wildman–Crippen MR) is 66.9 cm³/mol. The minimum Gasteiger partial charge on any atom is -0.391 e. The van der Waals surface area contributed by atoms with Crippen molar-refractivity contribution in [3.8, 4) is 0 Å². The molecule has 122 valence electrons. The highest BCUT2D eigenvalue weighted by molar-refractivity contribution is 5.85. The lowest BCUT2D eigenvalue weighted by atomic mass is 9.93. The van der Waals surface area contributed by atoms with Gasteiger partial charge in [0.15, 0.2) is 0 Å². The lowest BCUT2D eigenvalue weighted by Crippen LogP contribution is -2.28. The Hall–Kier alpha value is -0.990. The van der Waals surface area contributed by atoms with Gasteiger partial charge in [-0.05, 0) is 24.1 Å². The minimum absolute atomic E-state index is 0. The van der Waals surface area contributed by atoms with Gasteiger partial charge < -0.3 is 10.8 Å². The Morgan fingerprint density at radius 1 is 1.10 bits per heavy atom. The Balaban J connectivity index is 0.00000400. The monoisotopic (exact) mass is 337 g/mol. The van der Waals surface area contributed by atoms with E-state index in [2.05, 4.69) is 0 Å². The highest BCUT2D eigenvalue weighted by atomic mass is 35.5. The van der Waals surface area contributed by atoms with E-state index in [1.54, 1.807) is 0 Å². The first kappa shape index (κ1) is 20.0. The molecule has 0 saturated heterocycles. The molecule has 0 aromatic heterocycles. The van der Waals surface area contributed by atoms with Crippen molar-refractivity contribution >= 4 is 12.4 Å². The third-order valence-electron chi connectivity index (χ3n) is 2.88. The van der Waals surface area contributed by atoms with Gasteiger partial charge in [-0.25, -0.2) is 0 Å². The van der Waals surface area contributed by atoms with E-state index in [-0.39, 0.29) is 24.9 Å². The second-order valence-corrected chi connectivity index (χ2v) is 4.30. The zero-order chi connectivity index (χ0) is 15.7. The van der Waals surface area contributed by atoms with Gasteiger partial charge in [-0.1, -0.05) is 13.0 Å². The highest BCUT2D eigenvalue weighted by Gasteiger charge is 2.39. The molecule has 0 spiro atoms. The van der Waals surface area contributed by atoms with Crippen molar-refractivity contribution in [1.29, 1.82) is 0 Å². The van der Waals surface area contributed by atoms with Crippen LogP contribution >= 0.6 is 12.4 Å². The van der Waals surface area contributed by atoms with Crippen molar-refractivity contribution < 1.29 is 31.4 Å². The second kappa shape index (κ2) is 6.85. The van der Waals surface area contributed by atoms with Crippen LogP contribution in [0.2, 0.25) is 0 Å². The van der Waals surface area contributed by atoms with E-state index in [1.807, 2.05) is 0 Å². The first-order valence-corrected chi connectivity index (χ1v) is 5.70. The quantitative estimate of drug-likeness (QED) is 0.821. The van der Waals surface area contributed by atoms with Crippen molar-refractivity contribution in [3.05, 3.63) is 34.9 Å². The molecule has 1 aromatic carbocycles. The van der Waals surface area contributed by atoms with E-state index in [0.717, 1.165) is 0 Å². The Morgan fingerprint density at radius 2 is 1.62 bits per heavy atom. The largest absolute Gasteiger partial charge is 0.416 e. The summed E-state index contributed by atoms with van der Waals surface area (Å²) in [6.07, 6.45) is -11.1. The molecule has 2 atom stereocenters. The maximum atomic E-state index is 12.8. The summed E-state index contributed by atoms with van der Waals surface area (Å²) in [7, 11) is 0. The fourth-order valence-corrected chi connectivity index (χ4v) is 1.73. The van der Waals surface area contributed by atoms with Gasteiger partial charge in [0.1, 0.15) is 0 Å². The van der Waals surface area contributed by atoms with E-state index < -0.39 is 41.2 Å². The van der Waals surface area contributed by atoms with Crippen molar-refractivity contribution in [2.75, 3.05) is 0 Å². The van der Waals surface area contributed by atoms with Crippen molar-refractivity contribution in [1.82, 2.24) is 0 Å². The Morgan fingerprint density at radius 3 is 2.00 bits per heavy atom. The maximum absolute atomic E-state index is 12.8. The van der Waals surface area contributed by atoms with Gasteiger partial charge >= 0.3 is 12.4 Å². The molecule has 0 unspecified atom stereocenters. The Labute approximate surface area is 123 Å². The van der Waals surface area contributed by atoms with Crippen LogP contribution in [0.4, 0.5) is 26.3 Å². The van der Waals surface area contributed by atoms with Crippen LogP contribution in [-0.2, 0) is 12.4 Å². The number of aliphatic hydroxyl groups excluding tert-OH is 1. The zero-order valence-electron chi connectivity index (χ0n) is 10.8. The fourth-order valence-electron chi connectivity index (χ4n) is 1.73. The van der Waals surface area contributed by atoms with Gasteiger partial charge in [0, 0.05) is 0 Å². The molecule has 21 heavy (non-hydrogen) atoms. The summed E-state index contributed by atoms with van der Waals surface area (Å²) in [5, 5.41) is 9.48. The van der Waals surface area contributed by atoms with Crippen LogP contribution in [0, 0.1) is 0 Å². The first-order valence-electron chi connectivity index (χ1n) is 5.70. The van der Waals surface area contributed by atoms with Crippen molar-refractivity contribution in [3.63, 3.8) is 0 Å². The van der Waals surface area contributed by atoms with Gasteiger partial charge in [-0.3, -0.25) is 0 Å². The number of rotatable bonds is 3. The summed E-state index contributed by atoms with van der Waals surface area (Å²) in [5.74, 6) is 0. The molecule has 0 saturated carbocycles. The van der Waals surface area contributed by atoms with E-state index in [9.17, 15) is 31.4 Å². The summed E-state index contributed by atoms with van der Waals surface area (Å²) in [6, 6.07) is -0.210. The molecule has 3 N–H and O–H groups in total. The molecule has 1 aromatic rings. The van der Waals surface area contributed by atoms with Crippen molar-refractivity contribution in [2.24, 2.45) is 5.73 Å². The third kappa shape index (κ3) is 4.76. The average Bonchev–Trinajstić information content (AvgIpc) is 2.34. The third-order valence-corrected chi connectivity index (χ3v) is 2.88. The molecular formula is C12H14ClF6NO. The molecule has 2 nitrogen and oxygen atoms in total. The lowest BCUT2D eigenvalue weighted by Gasteiger charge is -2.23. The van der Waals surface area contributed by atoms with Crippen LogP contribution < -0.4 is 5.73 Å². The molecule has 0 radical (unpaired) electrons. The van der Waals surface area contributed by atoms with Gasteiger partial charge in [0.25, 0.3) is 0 Å². The fraction of sp³-hybridized carbons (Fsp3) is 0.500. The molecule has 0 amide bonds. The van der Waals surface area contributed by atoms with Crippen LogP contribution in [-0.4, -0.2) is 11.2 Å². The minimum atomic E-state index is -4.98.